The molecule has 6 heteroatoms. The standard InChI is InChI=1S/C18H22Cl2N2O2/c19-12-8-9-15(20)14(11-12)18(24)22-10-4-7-16(22)17(23)21-13-5-2-1-3-6-13/h8-9,11,13,16H,1-7,10H2,(H,21,23)/t16-/m1/s1. The Balaban J connectivity index is 1.71. The summed E-state index contributed by atoms with van der Waals surface area (Å²) >= 11 is 12.1. The van der Waals surface area contributed by atoms with Gasteiger partial charge in [-0.25, -0.2) is 0 Å². The van der Waals surface area contributed by atoms with Gasteiger partial charge in [0.25, 0.3) is 5.91 Å². The summed E-state index contributed by atoms with van der Waals surface area (Å²) in [5.74, 6) is -0.255. The molecule has 1 aromatic carbocycles. The number of nitrogens with zero attached hydrogens (tertiary/aromatic N) is 1. The lowest BCUT2D eigenvalue weighted by atomic mass is 9.95. The summed E-state index contributed by atoms with van der Waals surface area (Å²) in [6, 6.07) is 4.68. The molecule has 1 aromatic rings. The van der Waals surface area contributed by atoms with Gasteiger partial charge in [0.2, 0.25) is 5.91 Å². The first kappa shape index (κ1) is 17.6. The molecule has 130 valence electrons. The van der Waals surface area contributed by atoms with Gasteiger partial charge in [0.15, 0.2) is 0 Å². The van der Waals surface area contributed by atoms with Gasteiger partial charge in [-0.1, -0.05) is 42.5 Å². The Morgan fingerprint density at radius 1 is 1.04 bits per heavy atom. The van der Waals surface area contributed by atoms with E-state index >= 15 is 0 Å². The smallest absolute Gasteiger partial charge is 0.256 e. The maximum atomic E-state index is 12.8. The van der Waals surface area contributed by atoms with Crippen molar-refractivity contribution in [1.29, 1.82) is 0 Å². The summed E-state index contributed by atoms with van der Waals surface area (Å²) in [6.07, 6.45) is 7.16. The zero-order valence-corrected chi connectivity index (χ0v) is 15.1. The number of rotatable bonds is 3. The average Bonchev–Trinajstić information content (AvgIpc) is 3.07. The molecule has 0 bridgehead atoms. The minimum Gasteiger partial charge on any atom is -0.352 e. The molecule has 2 aliphatic rings. The third-order valence-electron chi connectivity index (χ3n) is 4.93. The van der Waals surface area contributed by atoms with Gasteiger partial charge in [0, 0.05) is 17.6 Å². The number of hydrogen-bond donors (Lipinski definition) is 1. The highest BCUT2D eigenvalue weighted by atomic mass is 35.5. The lowest BCUT2D eigenvalue weighted by molar-refractivity contribution is -0.125. The lowest BCUT2D eigenvalue weighted by Gasteiger charge is -2.28. The molecule has 3 rings (SSSR count). The van der Waals surface area contributed by atoms with Crippen LogP contribution < -0.4 is 5.32 Å². The van der Waals surface area contributed by atoms with Gasteiger partial charge in [-0.3, -0.25) is 9.59 Å². The number of benzene rings is 1. The Hall–Kier alpha value is -1.26. The predicted octanol–water partition coefficient (Wildman–Crippen LogP) is 4.05. The monoisotopic (exact) mass is 368 g/mol. The molecule has 0 radical (unpaired) electrons. The molecule has 0 aromatic heterocycles. The van der Waals surface area contributed by atoms with Crippen LogP contribution in [0, 0.1) is 0 Å². The van der Waals surface area contributed by atoms with Crippen LogP contribution in [0.15, 0.2) is 18.2 Å². The van der Waals surface area contributed by atoms with E-state index in [0.29, 0.717) is 28.6 Å². The van der Waals surface area contributed by atoms with E-state index in [9.17, 15) is 9.59 Å². The van der Waals surface area contributed by atoms with Gasteiger partial charge in [-0.15, -0.1) is 0 Å². The molecular weight excluding hydrogens is 347 g/mol. The molecule has 1 saturated carbocycles. The fourth-order valence-corrected chi connectivity index (χ4v) is 4.01. The third-order valence-corrected chi connectivity index (χ3v) is 5.49. The molecule has 4 nitrogen and oxygen atoms in total. The summed E-state index contributed by atoms with van der Waals surface area (Å²) in [5, 5.41) is 3.96. The van der Waals surface area contributed by atoms with Gasteiger partial charge in [0.05, 0.1) is 10.6 Å². The Labute approximate surface area is 152 Å². The number of carbonyl (C=O) groups excluding carboxylic acids is 2. The maximum Gasteiger partial charge on any atom is 0.256 e. The molecule has 0 spiro atoms. The van der Waals surface area contributed by atoms with Crippen molar-refractivity contribution in [3.05, 3.63) is 33.8 Å². The molecule has 24 heavy (non-hydrogen) atoms. The fraction of sp³-hybridized carbons (Fsp3) is 0.556. The lowest BCUT2D eigenvalue weighted by Crippen LogP contribution is -2.49. The number of nitrogens with one attached hydrogen (secondary N) is 1. The van der Waals surface area contributed by atoms with Crippen LogP contribution in [0.5, 0.6) is 0 Å². The highest BCUT2D eigenvalue weighted by Crippen LogP contribution is 2.27. The van der Waals surface area contributed by atoms with Crippen molar-refractivity contribution in [1.82, 2.24) is 10.2 Å². The summed E-state index contributed by atoms with van der Waals surface area (Å²) < 4.78 is 0. The summed E-state index contributed by atoms with van der Waals surface area (Å²) in [4.78, 5) is 27.1. The first-order chi connectivity index (χ1) is 11.6. The fourth-order valence-electron chi connectivity index (χ4n) is 3.64. The normalized spacial score (nSPS) is 21.8. The SMILES string of the molecule is O=C(NC1CCCCC1)[C@H]1CCCN1C(=O)c1cc(Cl)ccc1Cl. The van der Waals surface area contributed by atoms with Crippen LogP contribution in [0.4, 0.5) is 0 Å². The highest BCUT2D eigenvalue weighted by molar-refractivity contribution is 6.35. The van der Waals surface area contributed by atoms with E-state index in [1.165, 1.54) is 6.42 Å². The number of hydrogen-bond acceptors (Lipinski definition) is 2. The number of amides is 2. The molecule has 1 saturated heterocycles. The van der Waals surface area contributed by atoms with Crippen LogP contribution in [0.1, 0.15) is 55.3 Å². The number of carbonyl (C=O) groups is 2. The summed E-state index contributed by atoms with van der Waals surface area (Å²) in [7, 11) is 0. The van der Waals surface area contributed by atoms with Crippen molar-refractivity contribution in [2.24, 2.45) is 0 Å². The second-order valence-corrected chi connectivity index (χ2v) is 7.47. The zero-order chi connectivity index (χ0) is 17.1. The van der Waals surface area contributed by atoms with Gasteiger partial charge in [-0.2, -0.15) is 0 Å². The second-order valence-electron chi connectivity index (χ2n) is 6.62. The van der Waals surface area contributed by atoms with Crippen molar-refractivity contribution < 1.29 is 9.59 Å². The first-order valence-electron chi connectivity index (χ1n) is 8.62. The van der Waals surface area contributed by atoms with Crippen LogP contribution in [0.3, 0.4) is 0 Å². The van der Waals surface area contributed by atoms with Gasteiger partial charge in [-0.05, 0) is 43.9 Å². The highest BCUT2D eigenvalue weighted by Gasteiger charge is 2.36. The van der Waals surface area contributed by atoms with E-state index in [2.05, 4.69) is 5.32 Å². The third kappa shape index (κ3) is 3.86. The van der Waals surface area contributed by atoms with Crippen LogP contribution >= 0.6 is 23.2 Å². The second kappa shape index (κ2) is 7.75. The van der Waals surface area contributed by atoms with Crippen LogP contribution in [0.25, 0.3) is 0 Å². The minimum absolute atomic E-state index is 0.0362. The molecule has 1 aliphatic carbocycles. The van der Waals surface area contributed by atoms with Gasteiger partial charge >= 0.3 is 0 Å². The van der Waals surface area contributed by atoms with E-state index in [4.69, 9.17) is 23.2 Å². The maximum absolute atomic E-state index is 12.8. The van der Waals surface area contributed by atoms with E-state index in [-0.39, 0.29) is 17.9 Å². The van der Waals surface area contributed by atoms with E-state index in [0.717, 1.165) is 32.1 Å². The van der Waals surface area contributed by atoms with Crippen molar-refractivity contribution in [2.45, 2.75) is 57.0 Å². The Morgan fingerprint density at radius 3 is 2.54 bits per heavy atom. The van der Waals surface area contributed by atoms with Crippen LogP contribution in [-0.2, 0) is 4.79 Å². The molecule has 1 atom stereocenters. The Morgan fingerprint density at radius 2 is 1.79 bits per heavy atom. The Bertz CT molecular complexity index is 629. The van der Waals surface area contributed by atoms with Crippen molar-refractivity contribution in [3.63, 3.8) is 0 Å². The zero-order valence-electron chi connectivity index (χ0n) is 13.6. The number of halogens is 2. The first-order valence-corrected chi connectivity index (χ1v) is 9.38. The molecule has 1 aliphatic heterocycles. The van der Waals surface area contributed by atoms with Gasteiger partial charge in [0.1, 0.15) is 6.04 Å². The molecule has 1 heterocycles. The topological polar surface area (TPSA) is 49.4 Å². The van der Waals surface area contributed by atoms with Gasteiger partial charge < -0.3 is 10.2 Å². The van der Waals surface area contributed by atoms with Crippen LogP contribution in [0.2, 0.25) is 10.0 Å². The molecule has 0 unspecified atom stereocenters. The molecular formula is C18H22Cl2N2O2. The summed E-state index contributed by atoms with van der Waals surface area (Å²) in [6.45, 7) is 0.574. The minimum atomic E-state index is -0.408. The molecule has 2 fully saturated rings. The van der Waals surface area contributed by atoms with Crippen molar-refractivity contribution in [2.75, 3.05) is 6.54 Å². The van der Waals surface area contributed by atoms with E-state index in [1.54, 1.807) is 23.1 Å². The van der Waals surface area contributed by atoms with E-state index in [1.807, 2.05) is 0 Å². The average molecular weight is 369 g/mol. The van der Waals surface area contributed by atoms with E-state index < -0.39 is 6.04 Å². The van der Waals surface area contributed by atoms with Crippen LogP contribution in [-0.4, -0.2) is 35.3 Å². The number of likely N-dealkylation sites (tertiary alicyclic amines) is 1. The van der Waals surface area contributed by atoms with Crippen molar-refractivity contribution >= 4 is 35.0 Å². The molecule has 1 N–H and O–H groups in total. The quantitative estimate of drug-likeness (QED) is 0.874. The summed E-state index contributed by atoms with van der Waals surface area (Å²) in [5.41, 5.74) is 0.363. The Kier molecular flexibility index (Phi) is 5.67. The van der Waals surface area contributed by atoms with Crippen molar-refractivity contribution in [3.8, 4) is 0 Å². The predicted molar refractivity (Wildman–Crippen MR) is 95.5 cm³/mol. The molecule has 2 amide bonds. The largest absolute Gasteiger partial charge is 0.352 e.